The summed E-state index contributed by atoms with van der Waals surface area (Å²) in [5.41, 5.74) is 4.93. The van der Waals surface area contributed by atoms with E-state index in [0.29, 0.717) is 12.0 Å². The Balaban J connectivity index is 1.64. The van der Waals surface area contributed by atoms with Crippen molar-refractivity contribution in [2.24, 2.45) is 0 Å². The first-order chi connectivity index (χ1) is 12.7. The highest BCUT2D eigenvalue weighted by atomic mass is 19.1. The monoisotopic (exact) mass is 346 g/mol. The smallest absolute Gasteiger partial charge is 0.131 e. The average molecular weight is 346 g/mol. The van der Waals surface area contributed by atoms with Crippen molar-refractivity contribution in [1.29, 1.82) is 0 Å². The Hall–Kier alpha value is -2.74. The molecular formula is C24H20F2. The maximum absolute atomic E-state index is 14.7. The van der Waals surface area contributed by atoms with Crippen LogP contribution in [0.4, 0.5) is 8.78 Å². The molecule has 0 bridgehead atoms. The van der Waals surface area contributed by atoms with Crippen LogP contribution < -0.4 is 0 Å². The molecule has 0 N–H and O–H groups in total. The highest BCUT2D eigenvalue weighted by molar-refractivity contribution is 5.74. The minimum Gasteiger partial charge on any atom is -0.207 e. The summed E-state index contributed by atoms with van der Waals surface area (Å²) in [5.74, 6) is -0.453. The summed E-state index contributed by atoms with van der Waals surface area (Å²) < 4.78 is 29.3. The summed E-state index contributed by atoms with van der Waals surface area (Å²) in [4.78, 5) is 0. The van der Waals surface area contributed by atoms with Gasteiger partial charge in [-0.1, -0.05) is 60.7 Å². The molecule has 0 saturated carbocycles. The van der Waals surface area contributed by atoms with Gasteiger partial charge in [-0.2, -0.15) is 0 Å². The summed E-state index contributed by atoms with van der Waals surface area (Å²) >= 11 is 0. The number of hydrogen-bond acceptors (Lipinski definition) is 0. The van der Waals surface area contributed by atoms with Crippen molar-refractivity contribution < 1.29 is 8.78 Å². The Morgan fingerprint density at radius 2 is 1.62 bits per heavy atom. The number of rotatable bonds is 3. The molecule has 0 aliphatic heterocycles. The van der Waals surface area contributed by atoms with E-state index in [1.165, 1.54) is 6.07 Å². The van der Waals surface area contributed by atoms with E-state index in [4.69, 9.17) is 0 Å². The van der Waals surface area contributed by atoms with E-state index in [1.807, 2.05) is 48.6 Å². The number of hydrogen-bond donors (Lipinski definition) is 0. The van der Waals surface area contributed by atoms with Gasteiger partial charge in [-0.3, -0.25) is 0 Å². The normalized spacial score (nSPS) is 17.2. The molecule has 4 rings (SSSR count). The first-order valence-corrected chi connectivity index (χ1v) is 9.03. The molecule has 2 aromatic rings. The van der Waals surface area contributed by atoms with Crippen LogP contribution in [0.2, 0.25) is 0 Å². The average Bonchev–Trinajstić information content (AvgIpc) is 2.69. The lowest BCUT2D eigenvalue weighted by molar-refractivity contribution is 0.629. The third-order valence-electron chi connectivity index (χ3n) is 5.06. The van der Waals surface area contributed by atoms with Crippen molar-refractivity contribution in [3.05, 3.63) is 101 Å². The van der Waals surface area contributed by atoms with E-state index in [1.54, 1.807) is 12.1 Å². The molecule has 2 aliphatic carbocycles. The third kappa shape index (κ3) is 3.32. The largest absolute Gasteiger partial charge is 0.207 e. The van der Waals surface area contributed by atoms with Crippen LogP contribution in [0.1, 0.15) is 31.2 Å². The van der Waals surface area contributed by atoms with E-state index >= 15 is 0 Å². The Bertz CT molecular complexity index is 943. The Kier molecular flexibility index (Phi) is 4.66. The summed E-state index contributed by atoms with van der Waals surface area (Å²) in [7, 11) is 0. The van der Waals surface area contributed by atoms with Gasteiger partial charge in [0.2, 0.25) is 0 Å². The second kappa shape index (κ2) is 7.25. The highest BCUT2D eigenvalue weighted by Crippen LogP contribution is 2.37. The topological polar surface area (TPSA) is 0 Å². The molecule has 0 aromatic heterocycles. The van der Waals surface area contributed by atoms with E-state index in [-0.39, 0.29) is 11.6 Å². The molecule has 0 atom stereocenters. The lowest BCUT2D eigenvalue weighted by Gasteiger charge is -2.20. The number of halogens is 2. The van der Waals surface area contributed by atoms with Crippen LogP contribution >= 0.6 is 0 Å². The zero-order chi connectivity index (χ0) is 17.9. The highest BCUT2D eigenvalue weighted by Gasteiger charge is 2.19. The summed E-state index contributed by atoms with van der Waals surface area (Å²) in [6.07, 6.45) is 10.9. The molecule has 2 aromatic carbocycles. The second-order valence-corrected chi connectivity index (χ2v) is 6.72. The fourth-order valence-electron chi connectivity index (χ4n) is 3.65. The standard InChI is InChI=1S/C24H20F2/c25-23-15-19(11-13-21(23)17-7-3-1-4-8-17)20-12-14-22(24(26)16-20)18-9-5-2-6-10-18/h1-5,7-9,11,13,15-16H,6,10,12,14H2. The number of benzene rings is 2. The van der Waals surface area contributed by atoms with Gasteiger partial charge in [0.25, 0.3) is 0 Å². The Morgan fingerprint density at radius 3 is 2.31 bits per heavy atom. The van der Waals surface area contributed by atoms with E-state index in [2.05, 4.69) is 6.08 Å². The third-order valence-corrected chi connectivity index (χ3v) is 5.06. The van der Waals surface area contributed by atoms with Crippen molar-refractivity contribution in [2.75, 3.05) is 0 Å². The molecular weight excluding hydrogens is 326 g/mol. The lowest BCUT2D eigenvalue weighted by Crippen LogP contribution is -2.02. The Labute approximate surface area is 152 Å². The van der Waals surface area contributed by atoms with Crippen LogP contribution in [-0.4, -0.2) is 0 Å². The molecule has 0 unspecified atom stereocenters. The first kappa shape index (κ1) is 16.7. The molecule has 0 radical (unpaired) electrons. The van der Waals surface area contributed by atoms with Crippen molar-refractivity contribution in [1.82, 2.24) is 0 Å². The maximum Gasteiger partial charge on any atom is 0.131 e. The van der Waals surface area contributed by atoms with Gasteiger partial charge in [0, 0.05) is 5.56 Å². The summed E-state index contributed by atoms with van der Waals surface area (Å²) in [6, 6.07) is 14.7. The molecule has 2 aliphatic rings. The second-order valence-electron chi connectivity index (χ2n) is 6.72. The van der Waals surface area contributed by atoms with Crippen molar-refractivity contribution in [2.45, 2.75) is 25.7 Å². The molecule has 0 saturated heterocycles. The maximum atomic E-state index is 14.7. The zero-order valence-electron chi connectivity index (χ0n) is 14.5. The molecule has 26 heavy (non-hydrogen) atoms. The predicted molar refractivity (Wildman–Crippen MR) is 104 cm³/mol. The molecule has 130 valence electrons. The van der Waals surface area contributed by atoms with Crippen molar-refractivity contribution in [3.63, 3.8) is 0 Å². The van der Waals surface area contributed by atoms with Crippen molar-refractivity contribution >= 4 is 5.57 Å². The van der Waals surface area contributed by atoms with Gasteiger partial charge in [0.1, 0.15) is 11.6 Å². The van der Waals surface area contributed by atoms with Gasteiger partial charge in [0.05, 0.1) is 0 Å². The van der Waals surface area contributed by atoms with Crippen LogP contribution in [0.5, 0.6) is 0 Å². The summed E-state index contributed by atoms with van der Waals surface area (Å²) in [5, 5.41) is 0. The lowest BCUT2D eigenvalue weighted by atomic mass is 9.86. The van der Waals surface area contributed by atoms with Gasteiger partial charge in [-0.05, 0) is 65.7 Å². The van der Waals surface area contributed by atoms with E-state index in [9.17, 15) is 8.78 Å². The van der Waals surface area contributed by atoms with Crippen LogP contribution in [0.3, 0.4) is 0 Å². The van der Waals surface area contributed by atoms with Crippen LogP contribution in [0.25, 0.3) is 16.7 Å². The van der Waals surface area contributed by atoms with Gasteiger partial charge in [-0.25, -0.2) is 8.78 Å². The molecule has 0 spiro atoms. The van der Waals surface area contributed by atoms with Gasteiger partial charge >= 0.3 is 0 Å². The van der Waals surface area contributed by atoms with Crippen LogP contribution in [0, 0.1) is 5.82 Å². The fraction of sp³-hybridized carbons (Fsp3) is 0.167. The molecule has 0 amide bonds. The van der Waals surface area contributed by atoms with E-state index in [0.717, 1.165) is 47.1 Å². The predicted octanol–water partition coefficient (Wildman–Crippen LogP) is 7.17. The molecule has 0 fully saturated rings. The molecule has 0 heterocycles. The van der Waals surface area contributed by atoms with Gasteiger partial charge in [-0.15, -0.1) is 0 Å². The van der Waals surface area contributed by atoms with Crippen LogP contribution in [0.15, 0.2) is 89.8 Å². The first-order valence-electron chi connectivity index (χ1n) is 9.03. The zero-order valence-corrected chi connectivity index (χ0v) is 14.5. The SMILES string of the molecule is FC1=C(C2=CC=CCC2)CCC(c2ccc(-c3ccccc3)c(F)c2)=C1. The quantitative estimate of drug-likeness (QED) is 0.552. The minimum atomic E-state index is -0.273. The Morgan fingerprint density at radius 1 is 0.769 bits per heavy atom. The molecule has 0 nitrogen and oxygen atoms in total. The summed E-state index contributed by atoms with van der Waals surface area (Å²) in [6.45, 7) is 0. The van der Waals surface area contributed by atoms with Crippen molar-refractivity contribution in [3.8, 4) is 11.1 Å². The minimum absolute atomic E-state index is 0.180. The van der Waals surface area contributed by atoms with Gasteiger partial charge in [0.15, 0.2) is 0 Å². The molecule has 2 heteroatoms. The van der Waals surface area contributed by atoms with E-state index < -0.39 is 0 Å². The van der Waals surface area contributed by atoms with Crippen LogP contribution in [-0.2, 0) is 0 Å². The van der Waals surface area contributed by atoms with Gasteiger partial charge < -0.3 is 0 Å². The number of allylic oxidation sites excluding steroid dienone is 8. The fourth-order valence-corrected chi connectivity index (χ4v) is 3.65.